The summed E-state index contributed by atoms with van der Waals surface area (Å²) in [5, 5.41) is 11.7. The van der Waals surface area contributed by atoms with E-state index < -0.39 is 22.1 Å². The Morgan fingerprint density at radius 1 is 1.67 bits per heavy atom. The molecule has 2 unspecified atom stereocenters. The molecule has 1 aromatic heterocycles. The van der Waals surface area contributed by atoms with Crippen LogP contribution in [0.5, 0.6) is 0 Å². The monoisotopic (exact) mass is 333 g/mol. The van der Waals surface area contributed by atoms with Crippen molar-refractivity contribution in [3.8, 4) is 0 Å². The number of carboxylic acid groups (broad SMARTS) is 1. The van der Waals surface area contributed by atoms with Crippen LogP contribution in [-0.4, -0.2) is 48.4 Å². The zero-order valence-electron chi connectivity index (χ0n) is 11.7. The van der Waals surface area contributed by atoms with Gasteiger partial charge >= 0.3 is 5.97 Å². The smallest absolute Gasteiger partial charge is 0.307 e. The Morgan fingerprint density at radius 2 is 2.43 bits per heavy atom. The highest BCUT2D eigenvalue weighted by Gasteiger charge is 2.32. The zero-order chi connectivity index (χ0) is 15.5. The lowest BCUT2D eigenvalue weighted by Crippen LogP contribution is -2.48. The first-order chi connectivity index (χ1) is 9.90. The quantitative estimate of drug-likeness (QED) is 0.805. The van der Waals surface area contributed by atoms with Crippen LogP contribution in [-0.2, 0) is 15.0 Å². The van der Waals surface area contributed by atoms with Crippen LogP contribution in [0.15, 0.2) is 11.6 Å². The van der Waals surface area contributed by atoms with Gasteiger partial charge in [0.1, 0.15) is 0 Å². The average molecular weight is 333 g/mol. The molecule has 7 nitrogen and oxygen atoms in total. The number of piperidine rings is 1. The highest BCUT2D eigenvalue weighted by molar-refractivity contribution is 7.87. The van der Waals surface area contributed by atoms with Crippen molar-refractivity contribution in [3.05, 3.63) is 16.6 Å². The first-order valence-corrected chi connectivity index (χ1v) is 9.09. The molecule has 0 radical (unpaired) electrons. The number of aromatic nitrogens is 1. The Hall–Kier alpha value is -1.03. The van der Waals surface area contributed by atoms with Crippen molar-refractivity contribution in [1.82, 2.24) is 14.0 Å². The number of carbonyl (C=O) groups is 1. The molecule has 9 heteroatoms. The topological polar surface area (TPSA) is 99.6 Å². The zero-order valence-corrected chi connectivity index (χ0v) is 13.4. The summed E-state index contributed by atoms with van der Waals surface area (Å²) < 4.78 is 28.2. The minimum atomic E-state index is -3.64. The second-order valence-corrected chi connectivity index (χ2v) is 7.84. The van der Waals surface area contributed by atoms with E-state index in [1.54, 1.807) is 6.20 Å². The van der Waals surface area contributed by atoms with Crippen molar-refractivity contribution in [2.75, 3.05) is 19.6 Å². The summed E-state index contributed by atoms with van der Waals surface area (Å²) in [4.78, 5) is 15.2. The molecule has 2 atom stereocenters. The molecule has 118 valence electrons. The summed E-state index contributed by atoms with van der Waals surface area (Å²) in [5.41, 5.74) is 0. The van der Waals surface area contributed by atoms with Gasteiger partial charge in [0.05, 0.1) is 10.9 Å². The van der Waals surface area contributed by atoms with Crippen molar-refractivity contribution in [1.29, 1.82) is 0 Å². The average Bonchev–Trinajstić information content (AvgIpc) is 2.99. The first-order valence-electron chi connectivity index (χ1n) is 6.77. The Kier molecular flexibility index (Phi) is 5.31. The van der Waals surface area contributed by atoms with E-state index in [9.17, 15) is 13.2 Å². The normalized spacial score (nSPS) is 22.0. The van der Waals surface area contributed by atoms with Gasteiger partial charge in [0.25, 0.3) is 10.2 Å². The van der Waals surface area contributed by atoms with E-state index >= 15 is 0 Å². The number of nitrogens with one attached hydrogen (secondary N) is 1. The second kappa shape index (κ2) is 6.82. The SMILES string of the molecule is CC(CNS(=O)(=O)N1CCCC(C(=O)O)C1)c1nccs1. The molecule has 1 aliphatic rings. The second-order valence-electron chi connectivity index (χ2n) is 5.16. The van der Waals surface area contributed by atoms with Gasteiger partial charge in [-0.05, 0) is 12.8 Å². The molecule has 2 rings (SSSR count). The molecule has 0 amide bonds. The predicted molar refractivity (Wildman–Crippen MR) is 79.4 cm³/mol. The maximum atomic E-state index is 12.2. The predicted octanol–water partition coefficient (Wildman–Crippen LogP) is 0.878. The third kappa shape index (κ3) is 4.22. The van der Waals surface area contributed by atoms with Crippen LogP contribution in [0.3, 0.4) is 0 Å². The van der Waals surface area contributed by atoms with E-state index in [-0.39, 0.29) is 19.0 Å². The van der Waals surface area contributed by atoms with Crippen LogP contribution in [0, 0.1) is 5.92 Å². The molecular formula is C12H19N3O4S2. The van der Waals surface area contributed by atoms with Gasteiger partial charge in [0.2, 0.25) is 0 Å². The molecule has 1 saturated heterocycles. The Morgan fingerprint density at radius 3 is 3.05 bits per heavy atom. The van der Waals surface area contributed by atoms with Gasteiger partial charge in [-0.2, -0.15) is 12.7 Å². The fraction of sp³-hybridized carbons (Fsp3) is 0.667. The Balaban J connectivity index is 1.93. The minimum absolute atomic E-state index is 0.0140. The maximum Gasteiger partial charge on any atom is 0.307 e. The van der Waals surface area contributed by atoms with Gasteiger partial charge in [0, 0.05) is 37.1 Å². The van der Waals surface area contributed by atoms with Crippen LogP contribution in [0.25, 0.3) is 0 Å². The third-order valence-electron chi connectivity index (χ3n) is 3.52. The number of aliphatic carboxylic acids is 1. The molecule has 1 fully saturated rings. The fourth-order valence-corrected chi connectivity index (χ4v) is 4.34. The molecule has 0 aromatic carbocycles. The van der Waals surface area contributed by atoms with Crippen LogP contribution in [0.2, 0.25) is 0 Å². The summed E-state index contributed by atoms with van der Waals surface area (Å²) in [6, 6.07) is 0. The number of rotatable bonds is 6. The van der Waals surface area contributed by atoms with Gasteiger partial charge in [-0.25, -0.2) is 9.71 Å². The lowest BCUT2D eigenvalue weighted by Gasteiger charge is -2.30. The number of carboxylic acids is 1. The fourth-order valence-electron chi connectivity index (χ4n) is 2.25. The van der Waals surface area contributed by atoms with E-state index in [0.717, 1.165) is 5.01 Å². The van der Waals surface area contributed by atoms with Gasteiger partial charge in [-0.15, -0.1) is 11.3 Å². The van der Waals surface area contributed by atoms with E-state index in [4.69, 9.17) is 5.11 Å². The molecule has 2 N–H and O–H groups in total. The van der Waals surface area contributed by atoms with Crippen LogP contribution >= 0.6 is 11.3 Å². The third-order valence-corrected chi connectivity index (χ3v) is 6.07. The van der Waals surface area contributed by atoms with Crippen molar-refractivity contribution in [2.45, 2.75) is 25.7 Å². The van der Waals surface area contributed by atoms with Crippen LogP contribution in [0.1, 0.15) is 30.7 Å². The number of thiazole rings is 1. The molecular weight excluding hydrogens is 314 g/mol. The lowest BCUT2D eigenvalue weighted by molar-refractivity contribution is -0.142. The summed E-state index contributed by atoms with van der Waals surface area (Å²) in [6.07, 6.45) is 2.78. The van der Waals surface area contributed by atoms with Crippen molar-refractivity contribution in [2.24, 2.45) is 5.92 Å². The highest BCUT2D eigenvalue weighted by Crippen LogP contribution is 2.20. The first kappa shape index (κ1) is 16.3. The standard InChI is InChI=1S/C12H19N3O4S2/c1-9(11-13-4-6-20-11)7-14-21(18,19)15-5-2-3-10(8-15)12(16)17/h4,6,9-10,14H,2-3,5,7-8H2,1H3,(H,16,17). The van der Waals surface area contributed by atoms with Crippen LogP contribution in [0.4, 0.5) is 0 Å². The van der Waals surface area contributed by atoms with Crippen molar-refractivity contribution >= 4 is 27.5 Å². The number of hydrogen-bond donors (Lipinski definition) is 2. The lowest BCUT2D eigenvalue weighted by atomic mass is 10.0. The van der Waals surface area contributed by atoms with E-state index in [1.807, 2.05) is 12.3 Å². The number of hydrogen-bond acceptors (Lipinski definition) is 5. The highest BCUT2D eigenvalue weighted by atomic mass is 32.2. The largest absolute Gasteiger partial charge is 0.481 e. The summed E-state index contributed by atoms with van der Waals surface area (Å²) in [6.45, 7) is 2.56. The van der Waals surface area contributed by atoms with Crippen molar-refractivity contribution < 1.29 is 18.3 Å². The summed E-state index contributed by atoms with van der Waals surface area (Å²) >= 11 is 1.48. The van der Waals surface area contributed by atoms with Gasteiger partial charge in [-0.1, -0.05) is 6.92 Å². The minimum Gasteiger partial charge on any atom is -0.481 e. The van der Waals surface area contributed by atoms with E-state index in [0.29, 0.717) is 19.4 Å². The molecule has 1 aromatic rings. The Labute approximate surface area is 128 Å². The van der Waals surface area contributed by atoms with Gasteiger partial charge < -0.3 is 5.11 Å². The molecule has 0 aliphatic carbocycles. The molecule has 21 heavy (non-hydrogen) atoms. The molecule has 0 spiro atoms. The maximum absolute atomic E-state index is 12.2. The molecule has 0 bridgehead atoms. The van der Waals surface area contributed by atoms with Crippen molar-refractivity contribution in [3.63, 3.8) is 0 Å². The summed E-state index contributed by atoms with van der Waals surface area (Å²) in [5.74, 6) is -1.57. The number of nitrogens with zero attached hydrogens (tertiary/aromatic N) is 2. The summed E-state index contributed by atoms with van der Waals surface area (Å²) in [7, 11) is -3.64. The molecule has 2 heterocycles. The van der Waals surface area contributed by atoms with E-state index in [2.05, 4.69) is 9.71 Å². The Bertz CT molecular complexity index is 573. The van der Waals surface area contributed by atoms with Gasteiger partial charge in [-0.3, -0.25) is 4.79 Å². The van der Waals surface area contributed by atoms with Crippen LogP contribution < -0.4 is 4.72 Å². The molecule has 1 aliphatic heterocycles. The van der Waals surface area contributed by atoms with Gasteiger partial charge in [0.15, 0.2) is 0 Å². The molecule has 0 saturated carbocycles. The van der Waals surface area contributed by atoms with E-state index in [1.165, 1.54) is 15.6 Å².